The van der Waals surface area contributed by atoms with Crippen molar-refractivity contribution < 1.29 is 0 Å². The molecule has 0 N–H and O–H groups in total. The Balaban J connectivity index is 2.36. The minimum atomic E-state index is 0.926. The van der Waals surface area contributed by atoms with Crippen LogP contribution in [0.25, 0.3) is 0 Å². The second-order valence-electron chi connectivity index (χ2n) is 4.23. The molecule has 0 aliphatic carbocycles. The molecule has 0 fully saturated rings. The molecule has 0 unspecified atom stereocenters. The molecule has 0 aromatic heterocycles. The van der Waals surface area contributed by atoms with Crippen LogP contribution in [0.2, 0.25) is 0 Å². The van der Waals surface area contributed by atoms with Crippen LogP contribution in [-0.4, -0.2) is 0 Å². The van der Waals surface area contributed by atoms with E-state index >= 15 is 0 Å². The summed E-state index contributed by atoms with van der Waals surface area (Å²) in [6.45, 7) is 6.15. The van der Waals surface area contributed by atoms with Gasteiger partial charge in [-0.2, -0.15) is 10.2 Å². The molecule has 0 amide bonds. The Morgan fingerprint density at radius 1 is 0.647 bits per heavy atom. The summed E-state index contributed by atoms with van der Waals surface area (Å²) >= 11 is 0. The molecule has 0 bridgehead atoms. The Kier molecular flexibility index (Phi) is 3.33. The minimum Gasteiger partial charge on any atom is -0.150 e. The number of nitrogens with zero attached hydrogens (tertiary/aromatic N) is 2. The summed E-state index contributed by atoms with van der Waals surface area (Å²) in [6.07, 6.45) is 0. The van der Waals surface area contributed by atoms with Gasteiger partial charge in [-0.15, -0.1) is 0 Å². The van der Waals surface area contributed by atoms with Gasteiger partial charge in [-0.3, -0.25) is 0 Å². The van der Waals surface area contributed by atoms with Gasteiger partial charge >= 0.3 is 0 Å². The van der Waals surface area contributed by atoms with Crippen LogP contribution in [-0.2, 0) is 0 Å². The lowest BCUT2D eigenvalue weighted by Gasteiger charge is -2.03. The zero-order valence-electron chi connectivity index (χ0n) is 10.4. The van der Waals surface area contributed by atoms with E-state index in [1.54, 1.807) is 0 Å². The van der Waals surface area contributed by atoms with Crippen LogP contribution in [0.4, 0.5) is 11.4 Å². The molecule has 0 saturated carbocycles. The van der Waals surface area contributed by atoms with Crippen LogP contribution in [0.15, 0.2) is 52.7 Å². The van der Waals surface area contributed by atoms with Gasteiger partial charge in [0.2, 0.25) is 0 Å². The summed E-state index contributed by atoms with van der Waals surface area (Å²) in [7, 11) is 0. The molecular weight excluding hydrogens is 208 g/mol. The van der Waals surface area contributed by atoms with E-state index in [2.05, 4.69) is 36.2 Å². The van der Waals surface area contributed by atoms with Gasteiger partial charge < -0.3 is 0 Å². The average Bonchev–Trinajstić information content (AvgIpc) is 2.30. The van der Waals surface area contributed by atoms with Crippen LogP contribution in [0.5, 0.6) is 0 Å². The number of rotatable bonds is 2. The fourth-order valence-corrected chi connectivity index (χ4v) is 1.74. The fourth-order valence-electron chi connectivity index (χ4n) is 1.74. The van der Waals surface area contributed by atoms with Crippen molar-refractivity contribution in [3.63, 3.8) is 0 Å². The molecule has 0 saturated heterocycles. The van der Waals surface area contributed by atoms with Crippen molar-refractivity contribution in [1.82, 2.24) is 0 Å². The average molecular weight is 224 g/mol. The molecule has 0 atom stereocenters. The maximum Gasteiger partial charge on any atom is 0.0915 e. The lowest BCUT2D eigenvalue weighted by molar-refractivity contribution is 1.17. The minimum absolute atomic E-state index is 0.926. The summed E-state index contributed by atoms with van der Waals surface area (Å²) in [5.41, 5.74) is 5.35. The van der Waals surface area contributed by atoms with Crippen LogP contribution >= 0.6 is 0 Å². The van der Waals surface area contributed by atoms with E-state index in [9.17, 15) is 0 Å². The van der Waals surface area contributed by atoms with E-state index in [-0.39, 0.29) is 0 Å². The quantitative estimate of drug-likeness (QED) is 0.639. The molecule has 2 aromatic rings. The molecular formula is C15H16N2. The Hall–Kier alpha value is -1.96. The number of aryl methyl sites for hydroxylation is 3. The van der Waals surface area contributed by atoms with Gasteiger partial charge in [-0.1, -0.05) is 36.4 Å². The second-order valence-corrected chi connectivity index (χ2v) is 4.23. The summed E-state index contributed by atoms with van der Waals surface area (Å²) in [4.78, 5) is 0. The first-order valence-corrected chi connectivity index (χ1v) is 5.72. The van der Waals surface area contributed by atoms with Crippen LogP contribution in [0.3, 0.4) is 0 Å². The van der Waals surface area contributed by atoms with Gasteiger partial charge in [0.05, 0.1) is 11.4 Å². The van der Waals surface area contributed by atoms with Gasteiger partial charge in [0.15, 0.2) is 0 Å². The standard InChI is InChI=1S/C15H16N2/c1-11-7-4-5-10-14(11)16-17-15-12(2)8-6-9-13(15)3/h4-10H,1-3H3. The maximum atomic E-state index is 4.36. The van der Waals surface area contributed by atoms with Crippen molar-refractivity contribution in [2.45, 2.75) is 20.8 Å². The Morgan fingerprint density at radius 3 is 1.88 bits per heavy atom. The first kappa shape index (κ1) is 11.5. The summed E-state index contributed by atoms with van der Waals surface area (Å²) < 4.78 is 0. The third-order valence-electron chi connectivity index (χ3n) is 2.81. The monoisotopic (exact) mass is 224 g/mol. The van der Waals surface area contributed by atoms with Gasteiger partial charge in [0.25, 0.3) is 0 Å². The highest BCUT2D eigenvalue weighted by atomic mass is 15.1. The number of hydrogen-bond acceptors (Lipinski definition) is 2. The molecule has 86 valence electrons. The third-order valence-corrected chi connectivity index (χ3v) is 2.81. The molecule has 0 aliphatic heterocycles. The molecule has 2 heteroatoms. The number of azo groups is 1. The summed E-state index contributed by atoms with van der Waals surface area (Å²) in [5, 5.41) is 8.68. The van der Waals surface area contributed by atoms with Crippen molar-refractivity contribution in [3.05, 3.63) is 59.2 Å². The Labute approximate surface area is 102 Å². The van der Waals surface area contributed by atoms with E-state index < -0.39 is 0 Å². The lowest BCUT2D eigenvalue weighted by atomic mass is 10.1. The van der Waals surface area contributed by atoms with Crippen molar-refractivity contribution in [2.24, 2.45) is 10.2 Å². The highest BCUT2D eigenvalue weighted by Crippen LogP contribution is 2.26. The Morgan fingerprint density at radius 2 is 1.24 bits per heavy atom. The van der Waals surface area contributed by atoms with E-state index in [0.29, 0.717) is 0 Å². The van der Waals surface area contributed by atoms with Crippen molar-refractivity contribution in [3.8, 4) is 0 Å². The highest BCUT2D eigenvalue weighted by Gasteiger charge is 2.00. The smallest absolute Gasteiger partial charge is 0.0915 e. The first-order chi connectivity index (χ1) is 8.18. The predicted octanol–water partition coefficient (Wildman–Crippen LogP) is 5.03. The lowest BCUT2D eigenvalue weighted by Crippen LogP contribution is -1.78. The molecule has 0 aliphatic rings. The number of hydrogen-bond donors (Lipinski definition) is 0. The third kappa shape index (κ3) is 2.59. The van der Waals surface area contributed by atoms with Crippen LogP contribution < -0.4 is 0 Å². The molecule has 2 rings (SSSR count). The largest absolute Gasteiger partial charge is 0.150 e. The SMILES string of the molecule is Cc1ccccc1N=Nc1c(C)cccc1C. The van der Waals surface area contributed by atoms with Gasteiger partial charge in [-0.25, -0.2) is 0 Å². The molecule has 0 radical (unpaired) electrons. The zero-order chi connectivity index (χ0) is 12.3. The Bertz CT molecular complexity index is 536. The van der Waals surface area contributed by atoms with Crippen molar-refractivity contribution >= 4 is 11.4 Å². The first-order valence-electron chi connectivity index (χ1n) is 5.72. The molecule has 0 spiro atoms. The fraction of sp³-hybridized carbons (Fsp3) is 0.200. The zero-order valence-corrected chi connectivity index (χ0v) is 10.4. The topological polar surface area (TPSA) is 24.7 Å². The van der Waals surface area contributed by atoms with Gasteiger partial charge in [-0.05, 0) is 43.5 Å². The molecule has 17 heavy (non-hydrogen) atoms. The van der Waals surface area contributed by atoms with Crippen LogP contribution in [0.1, 0.15) is 16.7 Å². The maximum absolute atomic E-state index is 4.36. The summed E-state index contributed by atoms with van der Waals surface area (Å²) in [6, 6.07) is 14.2. The van der Waals surface area contributed by atoms with E-state index in [1.165, 1.54) is 0 Å². The van der Waals surface area contributed by atoms with E-state index in [4.69, 9.17) is 0 Å². The van der Waals surface area contributed by atoms with Crippen molar-refractivity contribution in [2.75, 3.05) is 0 Å². The van der Waals surface area contributed by atoms with Gasteiger partial charge in [0, 0.05) is 0 Å². The molecule has 0 heterocycles. The van der Waals surface area contributed by atoms with Crippen molar-refractivity contribution in [1.29, 1.82) is 0 Å². The van der Waals surface area contributed by atoms with Gasteiger partial charge in [0.1, 0.15) is 0 Å². The highest BCUT2D eigenvalue weighted by molar-refractivity contribution is 5.52. The molecule has 2 nitrogen and oxygen atoms in total. The van der Waals surface area contributed by atoms with E-state index in [0.717, 1.165) is 28.1 Å². The summed E-state index contributed by atoms with van der Waals surface area (Å²) in [5.74, 6) is 0. The normalized spacial score (nSPS) is 11.0. The second kappa shape index (κ2) is 4.91. The predicted molar refractivity (Wildman–Crippen MR) is 71.3 cm³/mol. The van der Waals surface area contributed by atoms with E-state index in [1.807, 2.05) is 37.3 Å². The molecule has 2 aromatic carbocycles. The van der Waals surface area contributed by atoms with Crippen LogP contribution in [0, 0.1) is 20.8 Å². The number of benzene rings is 2.